The molecule has 0 aromatic carbocycles. The van der Waals surface area contributed by atoms with Crippen LogP contribution in [0.4, 0.5) is 0 Å². The minimum Gasteiger partial charge on any atom is -0.390 e. The average molecular weight is 195 g/mol. The van der Waals surface area contributed by atoms with Gasteiger partial charge in [-0.1, -0.05) is 12.8 Å². The lowest BCUT2D eigenvalue weighted by Gasteiger charge is -2.22. The lowest BCUT2D eigenvalue weighted by atomic mass is 9.95. The number of aromatic nitrogens is 3. The van der Waals surface area contributed by atoms with Crippen molar-refractivity contribution in [2.75, 3.05) is 0 Å². The third kappa shape index (κ3) is 2.32. The lowest BCUT2D eigenvalue weighted by molar-refractivity contribution is 0.0427. The second kappa shape index (κ2) is 3.35. The van der Waals surface area contributed by atoms with E-state index in [1.165, 1.54) is 19.2 Å². The fraction of sp³-hybridized carbons (Fsp3) is 0.800. The van der Waals surface area contributed by atoms with Gasteiger partial charge in [-0.15, -0.1) is 0 Å². The molecule has 78 valence electrons. The lowest BCUT2D eigenvalue weighted by Crippen LogP contribution is -2.29. The summed E-state index contributed by atoms with van der Waals surface area (Å²) >= 11 is 0. The maximum atomic E-state index is 10.1. The molecule has 0 spiro atoms. The first-order chi connectivity index (χ1) is 6.57. The van der Waals surface area contributed by atoms with Gasteiger partial charge in [0.05, 0.1) is 5.60 Å². The third-order valence-corrected chi connectivity index (χ3v) is 2.77. The first-order valence-corrected chi connectivity index (χ1v) is 5.12. The van der Waals surface area contributed by atoms with Crippen molar-refractivity contribution < 1.29 is 5.11 Å². The Bertz CT molecular complexity index is 315. The largest absolute Gasteiger partial charge is 0.390 e. The molecule has 14 heavy (non-hydrogen) atoms. The van der Waals surface area contributed by atoms with Crippen molar-refractivity contribution in [2.24, 2.45) is 13.0 Å². The number of aryl methyl sites for hydroxylation is 1. The van der Waals surface area contributed by atoms with Gasteiger partial charge in [-0.25, -0.2) is 4.98 Å². The molecule has 1 atom stereocenters. The highest BCUT2D eigenvalue weighted by Crippen LogP contribution is 2.37. The Labute approximate surface area is 84.0 Å². The van der Waals surface area contributed by atoms with Gasteiger partial charge in [0.15, 0.2) is 0 Å². The van der Waals surface area contributed by atoms with Crippen molar-refractivity contribution in [3.8, 4) is 0 Å². The van der Waals surface area contributed by atoms with Crippen molar-refractivity contribution in [1.82, 2.24) is 14.8 Å². The number of hydrogen-bond donors (Lipinski definition) is 1. The molecule has 1 unspecified atom stereocenters. The zero-order valence-corrected chi connectivity index (χ0v) is 8.77. The van der Waals surface area contributed by atoms with E-state index in [4.69, 9.17) is 0 Å². The Morgan fingerprint density at radius 2 is 2.36 bits per heavy atom. The van der Waals surface area contributed by atoms with Crippen LogP contribution in [0.25, 0.3) is 0 Å². The van der Waals surface area contributed by atoms with Crippen LogP contribution in [0.3, 0.4) is 0 Å². The molecule has 0 amide bonds. The van der Waals surface area contributed by atoms with E-state index in [-0.39, 0.29) is 0 Å². The molecule has 1 fully saturated rings. The van der Waals surface area contributed by atoms with Crippen LogP contribution >= 0.6 is 0 Å². The highest BCUT2D eigenvalue weighted by Gasteiger charge is 2.32. The van der Waals surface area contributed by atoms with Crippen LogP contribution < -0.4 is 0 Å². The van der Waals surface area contributed by atoms with Gasteiger partial charge in [0.2, 0.25) is 0 Å². The first kappa shape index (κ1) is 9.65. The number of rotatable bonds is 4. The van der Waals surface area contributed by atoms with Crippen molar-refractivity contribution in [1.29, 1.82) is 0 Å². The molecular weight excluding hydrogens is 178 g/mol. The Kier molecular flexibility index (Phi) is 2.31. The molecule has 4 nitrogen and oxygen atoms in total. The zero-order valence-electron chi connectivity index (χ0n) is 8.77. The summed E-state index contributed by atoms with van der Waals surface area (Å²) in [7, 11) is 1.86. The van der Waals surface area contributed by atoms with Crippen LogP contribution in [0.5, 0.6) is 0 Å². The van der Waals surface area contributed by atoms with Crippen LogP contribution in [0, 0.1) is 5.92 Å². The maximum Gasteiger partial charge on any atom is 0.138 e. The van der Waals surface area contributed by atoms with Gasteiger partial charge in [0.25, 0.3) is 0 Å². The summed E-state index contributed by atoms with van der Waals surface area (Å²) in [5, 5.41) is 14.1. The summed E-state index contributed by atoms with van der Waals surface area (Å²) in [4.78, 5) is 4.12. The Balaban J connectivity index is 1.97. The SMILES string of the molecule is Cn1ncnc1CC(C)(O)CC1CC1. The van der Waals surface area contributed by atoms with Gasteiger partial charge in [0, 0.05) is 13.5 Å². The van der Waals surface area contributed by atoms with Gasteiger partial charge in [-0.3, -0.25) is 4.68 Å². The number of aliphatic hydroxyl groups is 1. The number of hydrogen-bond acceptors (Lipinski definition) is 3. The van der Waals surface area contributed by atoms with Crippen LogP contribution in [0.2, 0.25) is 0 Å². The van der Waals surface area contributed by atoms with E-state index in [1.54, 1.807) is 4.68 Å². The first-order valence-electron chi connectivity index (χ1n) is 5.12. The van der Waals surface area contributed by atoms with Crippen molar-refractivity contribution in [3.63, 3.8) is 0 Å². The molecular formula is C10H17N3O. The summed E-state index contributed by atoms with van der Waals surface area (Å²) in [6.45, 7) is 1.89. The van der Waals surface area contributed by atoms with Crippen LogP contribution in [-0.4, -0.2) is 25.5 Å². The molecule has 0 radical (unpaired) electrons. The normalized spacial score (nSPS) is 20.8. The summed E-state index contributed by atoms with van der Waals surface area (Å²) in [6.07, 6.45) is 5.56. The van der Waals surface area contributed by atoms with Crippen LogP contribution in [-0.2, 0) is 13.5 Å². The molecule has 0 aliphatic heterocycles. The predicted octanol–water partition coefficient (Wildman–Crippen LogP) is 0.909. The van der Waals surface area contributed by atoms with Crippen molar-refractivity contribution in [2.45, 2.75) is 38.2 Å². The fourth-order valence-electron chi connectivity index (χ4n) is 1.84. The van der Waals surface area contributed by atoms with Gasteiger partial charge in [-0.05, 0) is 19.3 Å². The summed E-state index contributed by atoms with van der Waals surface area (Å²) in [5.41, 5.74) is -0.623. The zero-order chi connectivity index (χ0) is 10.2. The Morgan fingerprint density at radius 1 is 1.64 bits per heavy atom. The monoisotopic (exact) mass is 195 g/mol. The van der Waals surface area contributed by atoms with Gasteiger partial charge in [0.1, 0.15) is 12.2 Å². The molecule has 0 saturated heterocycles. The topological polar surface area (TPSA) is 50.9 Å². The van der Waals surface area contributed by atoms with E-state index in [9.17, 15) is 5.11 Å². The van der Waals surface area contributed by atoms with Gasteiger partial charge in [-0.2, -0.15) is 5.10 Å². The standard InChI is InChI=1S/C10H17N3O/c1-10(14,5-8-3-4-8)6-9-11-7-12-13(9)2/h7-8,14H,3-6H2,1-2H3. The van der Waals surface area contributed by atoms with E-state index in [2.05, 4.69) is 10.1 Å². The molecule has 2 rings (SSSR count). The van der Waals surface area contributed by atoms with E-state index in [0.717, 1.165) is 18.2 Å². The molecule has 1 N–H and O–H groups in total. The predicted molar refractivity (Wildman–Crippen MR) is 52.7 cm³/mol. The van der Waals surface area contributed by atoms with Crippen molar-refractivity contribution >= 4 is 0 Å². The third-order valence-electron chi connectivity index (χ3n) is 2.77. The second-order valence-electron chi connectivity index (χ2n) is 4.62. The Hall–Kier alpha value is -0.900. The molecule has 1 aromatic rings. The van der Waals surface area contributed by atoms with Crippen molar-refractivity contribution in [3.05, 3.63) is 12.2 Å². The minimum absolute atomic E-state index is 0.597. The average Bonchev–Trinajstić information content (AvgIpc) is 2.77. The molecule has 1 aromatic heterocycles. The molecule has 1 heterocycles. The molecule has 4 heteroatoms. The second-order valence-corrected chi connectivity index (χ2v) is 4.62. The summed E-state index contributed by atoms with van der Waals surface area (Å²) in [6, 6.07) is 0. The van der Waals surface area contributed by atoms with Gasteiger partial charge >= 0.3 is 0 Å². The number of nitrogens with zero attached hydrogens (tertiary/aromatic N) is 3. The smallest absolute Gasteiger partial charge is 0.138 e. The fourth-order valence-corrected chi connectivity index (χ4v) is 1.84. The Morgan fingerprint density at radius 3 is 2.86 bits per heavy atom. The highest BCUT2D eigenvalue weighted by atomic mass is 16.3. The van der Waals surface area contributed by atoms with E-state index in [0.29, 0.717) is 6.42 Å². The maximum absolute atomic E-state index is 10.1. The van der Waals surface area contributed by atoms with Crippen LogP contribution in [0.15, 0.2) is 6.33 Å². The highest BCUT2D eigenvalue weighted by molar-refractivity contribution is 4.94. The molecule has 1 saturated carbocycles. The van der Waals surface area contributed by atoms with Gasteiger partial charge < -0.3 is 5.11 Å². The van der Waals surface area contributed by atoms with Crippen LogP contribution in [0.1, 0.15) is 32.0 Å². The minimum atomic E-state index is -0.623. The molecule has 1 aliphatic rings. The van der Waals surface area contributed by atoms with E-state index < -0.39 is 5.60 Å². The summed E-state index contributed by atoms with van der Waals surface area (Å²) < 4.78 is 1.72. The summed E-state index contributed by atoms with van der Waals surface area (Å²) in [5.74, 6) is 1.59. The van der Waals surface area contributed by atoms with E-state index >= 15 is 0 Å². The van der Waals surface area contributed by atoms with E-state index in [1.807, 2.05) is 14.0 Å². The molecule has 1 aliphatic carbocycles. The quantitative estimate of drug-likeness (QED) is 0.777. The molecule has 0 bridgehead atoms.